The van der Waals surface area contributed by atoms with Crippen molar-refractivity contribution in [2.24, 2.45) is 0 Å². The number of fused-ring (bicyclic) bond motifs is 1. The Labute approximate surface area is 139 Å². The first kappa shape index (κ1) is 14.6. The number of rotatable bonds is 4. The second-order valence-corrected chi connectivity index (χ2v) is 6.93. The van der Waals surface area contributed by atoms with Gasteiger partial charge in [0.1, 0.15) is 0 Å². The molecule has 2 aliphatic rings. The molecule has 3 heterocycles. The van der Waals surface area contributed by atoms with Crippen LogP contribution in [0.5, 0.6) is 11.5 Å². The number of amides is 1. The zero-order valence-corrected chi connectivity index (χ0v) is 13.7. The Bertz CT molecular complexity index is 698. The van der Waals surface area contributed by atoms with Crippen molar-refractivity contribution in [2.75, 3.05) is 13.3 Å². The van der Waals surface area contributed by atoms with Gasteiger partial charge >= 0.3 is 0 Å². The third kappa shape index (κ3) is 2.93. The van der Waals surface area contributed by atoms with E-state index in [1.165, 1.54) is 4.88 Å². The van der Waals surface area contributed by atoms with Crippen LogP contribution in [0, 0.1) is 0 Å². The average molecular weight is 329 g/mol. The normalized spacial score (nSPS) is 19.3. The van der Waals surface area contributed by atoms with Crippen LogP contribution in [0.4, 0.5) is 0 Å². The number of thiophene rings is 1. The second-order valence-electron chi connectivity index (χ2n) is 5.95. The van der Waals surface area contributed by atoms with Crippen LogP contribution in [0.2, 0.25) is 0 Å². The molecule has 0 N–H and O–H groups in total. The Morgan fingerprint density at radius 1 is 1.26 bits per heavy atom. The number of benzene rings is 1. The Morgan fingerprint density at radius 3 is 3.04 bits per heavy atom. The number of likely N-dealkylation sites (tertiary alicyclic amines) is 1. The minimum absolute atomic E-state index is 0.249. The van der Waals surface area contributed by atoms with Crippen LogP contribution in [-0.2, 0) is 11.2 Å². The molecule has 0 bridgehead atoms. The molecule has 1 amide bonds. The summed E-state index contributed by atoms with van der Waals surface area (Å²) in [6.07, 6.45) is 3.46. The standard InChI is InChI=1S/C18H19NO3S/c20-18(19-9-1-3-14(19)17-4-2-10-23-17)8-6-13-5-7-15-16(11-13)22-12-21-15/h2,4-5,7,10-11,14H,1,3,6,8-9,12H2. The molecule has 2 aliphatic heterocycles. The lowest BCUT2D eigenvalue weighted by molar-refractivity contribution is -0.132. The molecule has 23 heavy (non-hydrogen) atoms. The van der Waals surface area contributed by atoms with Gasteiger partial charge in [-0.2, -0.15) is 0 Å². The van der Waals surface area contributed by atoms with Gasteiger partial charge in [-0.1, -0.05) is 12.1 Å². The van der Waals surface area contributed by atoms with Gasteiger partial charge in [0.15, 0.2) is 11.5 Å². The monoisotopic (exact) mass is 329 g/mol. The summed E-state index contributed by atoms with van der Waals surface area (Å²) in [6.45, 7) is 1.16. The molecule has 5 heteroatoms. The lowest BCUT2D eigenvalue weighted by atomic mass is 10.1. The summed E-state index contributed by atoms with van der Waals surface area (Å²) in [7, 11) is 0. The fraction of sp³-hybridized carbons (Fsp3) is 0.389. The molecule has 0 saturated carbocycles. The molecule has 2 aromatic rings. The van der Waals surface area contributed by atoms with Crippen LogP contribution in [0.15, 0.2) is 35.7 Å². The Kier molecular flexibility index (Phi) is 3.95. The summed E-state index contributed by atoms with van der Waals surface area (Å²) in [5.41, 5.74) is 1.12. The second kappa shape index (κ2) is 6.24. The van der Waals surface area contributed by atoms with Crippen LogP contribution in [0.25, 0.3) is 0 Å². The molecule has 1 saturated heterocycles. The third-order valence-electron chi connectivity index (χ3n) is 4.51. The number of nitrogens with zero attached hydrogens (tertiary/aromatic N) is 1. The highest BCUT2D eigenvalue weighted by Crippen LogP contribution is 2.35. The number of hydrogen-bond acceptors (Lipinski definition) is 4. The molecule has 1 aromatic heterocycles. The molecule has 1 aromatic carbocycles. The van der Waals surface area contributed by atoms with E-state index in [9.17, 15) is 4.79 Å². The summed E-state index contributed by atoms with van der Waals surface area (Å²) in [4.78, 5) is 16.0. The highest BCUT2D eigenvalue weighted by molar-refractivity contribution is 7.10. The van der Waals surface area contributed by atoms with Crippen LogP contribution in [0.3, 0.4) is 0 Å². The van der Waals surface area contributed by atoms with E-state index in [4.69, 9.17) is 9.47 Å². The van der Waals surface area contributed by atoms with Crippen LogP contribution >= 0.6 is 11.3 Å². The van der Waals surface area contributed by atoms with Crippen molar-refractivity contribution in [3.63, 3.8) is 0 Å². The fourth-order valence-electron chi connectivity index (χ4n) is 3.33. The summed E-state index contributed by atoms with van der Waals surface area (Å²) in [5.74, 6) is 1.82. The molecular formula is C18H19NO3S. The lowest BCUT2D eigenvalue weighted by Crippen LogP contribution is -2.30. The van der Waals surface area contributed by atoms with Crippen molar-refractivity contribution in [2.45, 2.75) is 31.7 Å². The molecule has 4 nitrogen and oxygen atoms in total. The van der Waals surface area contributed by atoms with E-state index in [0.717, 1.165) is 42.9 Å². The van der Waals surface area contributed by atoms with Gasteiger partial charge in [-0.25, -0.2) is 0 Å². The topological polar surface area (TPSA) is 38.8 Å². The van der Waals surface area contributed by atoms with E-state index < -0.39 is 0 Å². The first-order valence-corrected chi connectivity index (χ1v) is 8.90. The summed E-state index contributed by atoms with van der Waals surface area (Å²) >= 11 is 1.74. The van der Waals surface area contributed by atoms with E-state index in [1.807, 2.05) is 18.2 Å². The Morgan fingerprint density at radius 2 is 2.17 bits per heavy atom. The third-order valence-corrected chi connectivity index (χ3v) is 5.48. The number of carbonyl (C=O) groups excluding carboxylic acids is 1. The highest BCUT2D eigenvalue weighted by atomic mass is 32.1. The van der Waals surface area contributed by atoms with Crippen molar-refractivity contribution in [1.82, 2.24) is 4.90 Å². The van der Waals surface area contributed by atoms with Crippen LogP contribution in [-0.4, -0.2) is 24.1 Å². The zero-order chi connectivity index (χ0) is 15.6. The van der Waals surface area contributed by atoms with Gasteiger partial charge in [0.25, 0.3) is 0 Å². The Balaban J connectivity index is 1.40. The molecule has 1 unspecified atom stereocenters. The van der Waals surface area contributed by atoms with E-state index in [1.54, 1.807) is 11.3 Å². The van der Waals surface area contributed by atoms with Crippen molar-refractivity contribution in [3.05, 3.63) is 46.2 Å². The summed E-state index contributed by atoms with van der Waals surface area (Å²) < 4.78 is 10.7. The summed E-state index contributed by atoms with van der Waals surface area (Å²) in [5, 5.41) is 2.09. The minimum Gasteiger partial charge on any atom is -0.454 e. The highest BCUT2D eigenvalue weighted by Gasteiger charge is 2.30. The first-order valence-electron chi connectivity index (χ1n) is 8.02. The van der Waals surface area contributed by atoms with Gasteiger partial charge in [0.2, 0.25) is 12.7 Å². The smallest absolute Gasteiger partial charge is 0.231 e. The molecule has 1 atom stereocenters. The maximum atomic E-state index is 12.6. The van der Waals surface area contributed by atoms with Crippen LogP contribution in [0.1, 0.15) is 35.7 Å². The molecular weight excluding hydrogens is 310 g/mol. The number of hydrogen-bond donors (Lipinski definition) is 0. The Hall–Kier alpha value is -2.01. The quantitative estimate of drug-likeness (QED) is 0.857. The fourth-order valence-corrected chi connectivity index (χ4v) is 4.21. The molecule has 0 spiro atoms. The van der Waals surface area contributed by atoms with Crippen molar-refractivity contribution >= 4 is 17.2 Å². The zero-order valence-electron chi connectivity index (χ0n) is 12.9. The molecule has 0 radical (unpaired) electrons. The first-order chi connectivity index (χ1) is 11.3. The largest absolute Gasteiger partial charge is 0.454 e. The predicted octanol–water partition coefficient (Wildman–Crippen LogP) is 3.77. The maximum Gasteiger partial charge on any atom is 0.231 e. The van der Waals surface area contributed by atoms with Gasteiger partial charge in [-0.3, -0.25) is 4.79 Å². The lowest BCUT2D eigenvalue weighted by Gasteiger charge is -2.24. The summed E-state index contributed by atoms with van der Waals surface area (Å²) in [6, 6.07) is 10.4. The van der Waals surface area contributed by atoms with Crippen LogP contribution < -0.4 is 9.47 Å². The number of ether oxygens (including phenoxy) is 2. The van der Waals surface area contributed by atoms with E-state index in [-0.39, 0.29) is 18.7 Å². The van der Waals surface area contributed by atoms with Crippen molar-refractivity contribution in [1.29, 1.82) is 0 Å². The SMILES string of the molecule is O=C(CCc1ccc2c(c1)OCO2)N1CCCC1c1cccs1. The van der Waals surface area contributed by atoms with Gasteiger partial charge in [0.05, 0.1) is 6.04 Å². The number of carbonyl (C=O) groups is 1. The average Bonchev–Trinajstić information content (AvgIpc) is 3.32. The van der Waals surface area contributed by atoms with Gasteiger partial charge in [0, 0.05) is 17.8 Å². The molecule has 4 rings (SSSR count). The van der Waals surface area contributed by atoms with Gasteiger partial charge in [-0.05, 0) is 48.4 Å². The van der Waals surface area contributed by atoms with Gasteiger partial charge in [-0.15, -0.1) is 11.3 Å². The van der Waals surface area contributed by atoms with Gasteiger partial charge < -0.3 is 14.4 Å². The van der Waals surface area contributed by atoms with Crippen molar-refractivity contribution < 1.29 is 14.3 Å². The number of aryl methyl sites for hydroxylation is 1. The van der Waals surface area contributed by atoms with E-state index in [2.05, 4.69) is 22.4 Å². The molecule has 120 valence electrons. The predicted molar refractivity (Wildman–Crippen MR) is 88.9 cm³/mol. The minimum atomic E-state index is 0.249. The maximum absolute atomic E-state index is 12.6. The van der Waals surface area contributed by atoms with E-state index in [0.29, 0.717) is 6.42 Å². The molecule has 0 aliphatic carbocycles. The molecule has 1 fully saturated rings. The van der Waals surface area contributed by atoms with Crippen molar-refractivity contribution in [3.8, 4) is 11.5 Å². The van der Waals surface area contributed by atoms with E-state index >= 15 is 0 Å².